The van der Waals surface area contributed by atoms with Gasteiger partial charge in [0.05, 0.1) is 4.88 Å². The van der Waals surface area contributed by atoms with Crippen LogP contribution in [0.3, 0.4) is 0 Å². The molecule has 0 radical (unpaired) electrons. The van der Waals surface area contributed by atoms with E-state index in [4.69, 9.17) is 5.73 Å². The minimum absolute atomic E-state index is 0.0662. The van der Waals surface area contributed by atoms with E-state index in [2.05, 4.69) is 20.1 Å². The number of hydrogen-bond acceptors (Lipinski definition) is 6. The highest BCUT2D eigenvalue weighted by Crippen LogP contribution is 2.25. The molecule has 7 nitrogen and oxygen atoms in total. The molecule has 0 saturated heterocycles. The molecule has 3 aromatic heterocycles. The largest absolute Gasteiger partial charge is 0.385 e. The number of amidine groups is 1. The third-order valence-corrected chi connectivity index (χ3v) is 4.02. The lowest BCUT2D eigenvalue weighted by molar-refractivity contribution is 0.0508. The van der Waals surface area contributed by atoms with Gasteiger partial charge in [0.2, 0.25) is 0 Å². The van der Waals surface area contributed by atoms with Gasteiger partial charge in [-0.25, -0.2) is 31.9 Å². The van der Waals surface area contributed by atoms with Crippen molar-refractivity contribution in [3.63, 3.8) is 0 Å². The molecule has 136 valence electrons. The molecule has 26 heavy (non-hydrogen) atoms. The molecule has 0 aliphatic heterocycles. The Bertz CT molecular complexity index is 971. The maximum atomic E-state index is 13.1. The van der Waals surface area contributed by atoms with Crippen LogP contribution in [0.1, 0.15) is 39.6 Å². The molecule has 0 fully saturated rings. The topological polar surface area (TPSA) is 94.9 Å². The Morgan fingerprint density at radius 3 is 2.65 bits per heavy atom. The van der Waals surface area contributed by atoms with Gasteiger partial charge in [0.25, 0.3) is 12.9 Å². The van der Waals surface area contributed by atoms with Crippen LogP contribution in [0, 0.1) is 0 Å². The number of alkyl halides is 4. The molecule has 0 aliphatic carbocycles. The molecule has 0 atom stereocenters. The zero-order valence-electron chi connectivity index (χ0n) is 12.6. The van der Waals surface area contributed by atoms with Crippen LogP contribution in [0.5, 0.6) is 0 Å². The first kappa shape index (κ1) is 17.8. The van der Waals surface area contributed by atoms with Gasteiger partial charge in [0.15, 0.2) is 17.2 Å². The number of carbonyl (C=O) groups is 1. The van der Waals surface area contributed by atoms with Gasteiger partial charge in [-0.2, -0.15) is 5.10 Å². The fraction of sp³-hybridized carbons (Fsp3) is 0.143. The minimum atomic E-state index is -3.10. The van der Waals surface area contributed by atoms with Gasteiger partial charge < -0.3 is 10.6 Å². The van der Waals surface area contributed by atoms with Crippen molar-refractivity contribution in [3.8, 4) is 0 Å². The van der Waals surface area contributed by atoms with Crippen molar-refractivity contribution in [1.29, 1.82) is 0 Å². The summed E-state index contributed by atoms with van der Waals surface area (Å²) in [6, 6.07) is 4.83. The van der Waals surface area contributed by atoms with Gasteiger partial charge in [0.1, 0.15) is 11.4 Å². The molecule has 2 N–H and O–H groups in total. The van der Waals surface area contributed by atoms with Crippen molar-refractivity contribution in [2.75, 3.05) is 0 Å². The number of hydrogen-bond donors (Lipinski definition) is 1. The van der Waals surface area contributed by atoms with Crippen molar-refractivity contribution in [2.24, 2.45) is 10.9 Å². The predicted molar refractivity (Wildman–Crippen MR) is 83.4 cm³/mol. The van der Waals surface area contributed by atoms with Crippen LogP contribution in [0.4, 0.5) is 17.6 Å². The molecular formula is C14H9F4N5O2S. The molecule has 0 bridgehead atoms. The number of nitrogens with two attached hydrogens (primary N) is 1. The van der Waals surface area contributed by atoms with Crippen molar-refractivity contribution in [2.45, 2.75) is 12.9 Å². The lowest BCUT2D eigenvalue weighted by Gasteiger charge is -2.06. The summed E-state index contributed by atoms with van der Waals surface area (Å²) in [6.45, 7) is 0. The number of rotatable bonds is 5. The van der Waals surface area contributed by atoms with Crippen LogP contribution >= 0.6 is 11.3 Å². The second-order valence-electron chi connectivity index (χ2n) is 4.84. The Morgan fingerprint density at radius 1 is 1.27 bits per heavy atom. The van der Waals surface area contributed by atoms with Crippen LogP contribution in [0.15, 0.2) is 34.8 Å². The standard InChI is InChI=1S/C14H9F4N5O2S/c15-11(16)6-4-8(12(17)18)23-10(20-6)5-7(21-23)14(24)25-22-13(19)9-2-1-3-26-9/h1-5,11-12H,(H2,19,22). The first-order valence-corrected chi connectivity index (χ1v) is 7.80. The van der Waals surface area contributed by atoms with E-state index in [0.29, 0.717) is 15.5 Å². The zero-order valence-corrected chi connectivity index (χ0v) is 13.5. The average Bonchev–Trinajstić information content (AvgIpc) is 3.27. The molecule has 0 spiro atoms. The number of carbonyl (C=O) groups excluding carboxylic acids is 1. The highest BCUT2D eigenvalue weighted by Gasteiger charge is 2.22. The number of halogens is 4. The molecule has 0 amide bonds. The molecule has 0 aliphatic rings. The number of oxime groups is 1. The summed E-state index contributed by atoms with van der Waals surface area (Å²) in [4.78, 5) is 20.6. The minimum Gasteiger partial charge on any atom is -0.380 e. The van der Waals surface area contributed by atoms with E-state index < -0.39 is 35.9 Å². The van der Waals surface area contributed by atoms with E-state index in [-0.39, 0.29) is 11.5 Å². The predicted octanol–water partition coefficient (Wildman–Crippen LogP) is 3.14. The highest BCUT2D eigenvalue weighted by molar-refractivity contribution is 7.12. The second-order valence-corrected chi connectivity index (χ2v) is 5.79. The van der Waals surface area contributed by atoms with E-state index in [1.165, 1.54) is 11.3 Å². The smallest absolute Gasteiger partial charge is 0.380 e. The summed E-state index contributed by atoms with van der Waals surface area (Å²) in [6.07, 6.45) is -6.16. The Labute approximate surface area is 146 Å². The fourth-order valence-electron chi connectivity index (χ4n) is 1.99. The molecule has 0 aromatic carbocycles. The van der Waals surface area contributed by atoms with Gasteiger partial charge >= 0.3 is 5.97 Å². The normalized spacial score (nSPS) is 12.3. The van der Waals surface area contributed by atoms with E-state index >= 15 is 0 Å². The van der Waals surface area contributed by atoms with Crippen molar-refractivity contribution in [3.05, 3.63) is 51.6 Å². The van der Waals surface area contributed by atoms with Crippen molar-refractivity contribution in [1.82, 2.24) is 14.6 Å². The van der Waals surface area contributed by atoms with Gasteiger partial charge in [-0.05, 0) is 17.5 Å². The third kappa shape index (κ3) is 3.49. The van der Waals surface area contributed by atoms with E-state index in [1.807, 2.05) is 0 Å². The zero-order chi connectivity index (χ0) is 18.8. The Balaban J connectivity index is 1.92. The van der Waals surface area contributed by atoms with Gasteiger partial charge in [0, 0.05) is 6.07 Å². The second kappa shape index (κ2) is 7.07. The molecular weight excluding hydrogens is 378 g/mol. The molecule has 3 aromatic rings. The number of thiophene rings is 1. The summed E-state index contributed by atoms with van der Waals surface area (Å²) in [5.41, 5.74) is 3.16. The number of nitrogens with zero attached hydrogens (tertiary/aromatic N) is 4. The van der Waals surface area contributed by atoms with Crippen molar-refractivity contribution >= 4 is 28.8 Å². The SMILES string of the molecule is N/C(=N\OC(=O)c1cc2nc(C(F)F)cc(C(F)F)n2n1)c1cccs1. The average molecular weight is 387 g/mol. The Morgan fingerprint density at radius 2 is 2.04 bits per heavy atom. The molecule has 3 rings (SSSR count). The van der Waals surface area contributed by atoms with Crippen LogP contribution in [-0.4, -0.2) is 26.4 Å². The van der Waals surface area contributed by atoms with Gasteiger partial charge in [-0.3, -0.25) is 0 Å². The number of fused-ring (bicyclic) bond motifs is 1. The van der Waals surface area contributed by atoms with E-state index in [9.17, 15) is 22.4 Å². The third-order valence-electron chi connectivity index (χ3n) is 3.13. The molecule has 12 heteroatoms. The van der Waals surface area contributed by atoms with Crippen molar-refractivity contribution < 1.29 is 27.2 Å². The molecule has 0 unspecified atom stereocenters. The maximum absolute atomic E-state index is 13.1. The van der Waals surface area contributed by atoms with Crippen LogP contribution in [0.2, 0.25) is 0 Å². The Hall–Kier alpha value is -3.02. The first-order valence-electron chi connectivity index (χ1n) is 6.92. The molecule has 3 heterocycles. The first-order chi connectivity index (χ1) is 12.4. The lowest BCUT2D eigenvalue weighted by atomic mass is 10.3. The van der Waals surface area contributed by atoms with Gasteiger partial charge in [-0.1, -0.05) is 11.2 Å². The summed E-state index contributed by atoms with van der Waals surface area (Å²) in [7, 11) is 0. The number of aromatic nitrogens is 3. The molecule has 0 saturated carbocycles. The van der Waals surface area contributed by atoms with Crippen LogP contribution in [0.25, 0.3) is 5.65 Å². The summed E-state index contributed by atoms with van der Waals surface area (Å²) < 4.78 is 52.3. The maximum Gasteiger partial charge on any atom is 0.385 e. The lowest BCUT2D eigenvalue weighted by Crippen LogP contribution is -2.14. The van der Waals surface area contributed by atoms with E-state index in [0.717, 1.165) is 6.07 Å². The fourth-order valence-corrected chi connectivity index (χ4v) is 2.61. The van der Waals surface area contributed by atoms with Gasteiger partial charge in [-0.15, -0.1) is 11.3 Å². The summed E-state index contributed by atoms with van der Waals surface area (Å²) in [5, 5.41) is 8.79. The van der Waals surface area contributed by atoms with Crippen LogP contribution < -0.4 is 5.73 Å². The highest BCUT2D eigenvalue weighted by atomic mass is 32.1. The quantitative estimate of drug-likeness (QED) is 0.239. The van der Waals surface area contributed by atoms with Crippen LogP contribution in [-0.2, 0) is 4.84 Å². The monoisotopic (exact) mass is 387 g/mol. The summed E-state index contributed by atoms with van der Waals surface area (Å²) >= 11 is 1.26. The Kier molecular flexibility index (Phi) is 4.84. The summed E-state index contributed by atoms with van der Waals surface area (Å²) in [5.74, 6) is -1.17. The van der Waals surface area contributed by atoms with E-state index in [1.54, 1.807) is 17.5 Å².